The van der Waals surface area contributed by atoms with Crippen LogP contribution in [0, 0.1) is 11.7 Å². The molecule has 116 valence electrons. The number of likely N-dealkylation sites (N-methyl/N-ethyl adjacent to an activating group) is 1. The van der Waals surface area contributed by atoms with Crippen LogP contribution in [0.4, 0.5) is 15.8 Å². The highest BCUT2D eigenvalue weighted by Crippen LogP contribution is 2.19. The first-order valence-corrected chi connectivity index (χ1v) is 7.16. The molecule has 3 N–H and O–H groups in total. The van der Waals surface area contributed by atoms with E-state index in [-0.39, 0.29) is 12.5 Å². The summed E-state index contributed by atoms with van der Waals surface area (Å²) in [6.45, 7) is 2.71. The molecule has 1 amide bonds. The van der Waals surface area contributed by atoms with Crippen LogP contribution in [0.2, 0.25) is 0 Å². The number of carbonyl (C=O) groups excluding carboxylic acids is 1. The lowest BCUT2D eigenvalue weighted by Crippen LogP contribution is -2.35. The fourth-order valence-electron chi connectivity index (χ4n) is 2.51. The average molecular weight is 295 g/mol. The number of nitrogens with two attached hydrogens (primary N) is 1. The number of halogens is 1. The average Bonchev–Trinajstić information content (AvgIpc) is 2.43. The van der Waals surface area contributed by atoms with E-state index in [2.05, 4.69) is 5.32 Å². The second-order valence-corrected chi connectivity index (χ2v) is 5.53. The fourth-order valence-corrected chi connectivity index (χ4v) is 2.51. The van der Waals surface area contributed by atoms with Crippen LogP contribution in [-0.2, 0) is 9.53 Å². The highest BCUT2D eigenvalue weighted by atomic mass is 19.1. The second-order valence-electron chi connectivity index (χ2n) is 5.53. The number of hydrogen-bond donors (Lipinski definition) is 2. The first-order chi connectivity index (χ1) is 10.0. The highest BCUT2D eigenvalue weighted by Gasteiger charge is 2.17. The Morgan fingerprint density at radius 2 is 2.19 bits per heavy atom. The van der Waals surface area contributed by atoms with E-state index < -0.39 is 5.82 Å². The van der Waals surface area contributed by atoms with Crippen molar-refractivity contribution in [2.45, 2.75) is 12.8 Å². The molecule has 21 heavy (non-hydrogen) atoms. The van der Waals surface area contributed by atoms with Gasteiger partial charge in [0.15, 0.2) is 0 Å². The molecule has 1 fully saturated rings. The molecule has 1 aromatic carbocycles. The van der Waals surface area contributed by atoms with E-state index in [4.69, 9.17) is 10.5 Å². The molecule has 0 radical (unpaired) electrons. The second kappa shape index (κ2) is 7.38. The molecule has 0 aliphatic carbocycles. The van der Waals surface area contributed by atoms with Crippen LogP contribution < -0.4 is 11.1 Å². The van der Waals surface area contributed by atoms with Crippen molar-refractivity contribution < 1.29 is 13.9 Å². The first kappa shape index (κ1) is 15.7. The van der Waals surface area contributed by atoms with Crippen LogP contribution in [0.15, 0.2) is 18.2 Å². The van der Waals surface area contributed by atoms with Gasteiger partial charge < -0.3 is 15.8 Å². The van der Waals surface area contributed by atoms with Gasteiger partial charge >= 0.3 is 0 Å². The van der Waals surface area contributed by atoms with Crippen molar-refractivity contribution in [3.63, 3.8) is 0 Å². The third-order valence-electron chi connectivity index (χ3n) is 3.61. The lowest BCUT2D eigenvalue weighted by atomic mass is 10.00. The summed E-state index contributed by atoms with van der Waals surface area (Å²) in [4.78, 5) is 13.9. The summed E-state index contributed by atoms with van der Waals surface area (Å²) < 4.78 is 18.5. The lowest BCUT2D eigenvalue weighted by molar-refractivity contribution is -0.117. The van der Waals surface area contributed by atoms with Gasteiger partial charge in [0.25, 0.3) is 0 Å². The van der Waals surface area contributed by atoms with E-state index in [1.807, 2.05) is 11.9 Å². The molecule has 2 rings (SSSR count). The molecule has 0 saturated carbocycles. The van der Waals surface area contributed by atoms with E-state index >= 15 is 0 Å². The monoisotopic (exact) mass is 295 g/mol. The van der Waals surface area contributed by atoms with Crippen LogP contribution in [0.1, 0.15) is 12.8 Å². The van der Waals surface area contributed by atoms with Gasteiger partial charge in [-0.3, -0.25) is 9.69 Å². The van der Waals surface area contributed by atoms with Gasteiger partial charge in [0.2, 0.25) is 5.91 Å². The topological polar surface area (TPSA) is 67.6 Å². The van der Waals surface area contributed by atoms with Crippen LogP contribution >= 0.6 is 0 Å². The molecule has 0 atom stereocenters. The number of anilines is 2. The van der Waals surface area contributed by atoms with Gasteiger partial charge in [-0.05, 0) is 44.0 Å². The van der Waals surface area contributed by atoms with Crippen molar-refractivity contribution in [3.05, 3.63) is 24.0 Å². The Kier molecular flexibility index (Phi) is 5.52. The number of nitrogens with zero attached hydrogens (tertiary/aromatic N) is 1. The largest absolute Gasteiger partial charge is 0.397 e. The summed E-state index contributed by atoms with van der Waals surface area (Å²) >= 11 is 0. The maximum absolute atomic E-state index is 13.1. The third-order valence-corrected chi connectivity index (χ3v) is 3.61. The molecule has 6 heteroatoms. The van der Waals surface area contributed by atoms with Crippen LogP contribution in [-0.4, -0.2) is 44.2 Å². The zero-order valence-corrected chi connectivity index (χ0v) is 12.3. The predicted molar refractivity (Wildman–Crippen MR) is 80.5 cm³/mol. The van der Waals surface area contributed by atoms with Gasteiger partial charge in [-0.15, -0.1) is 0 Å². The molecule has 1 saturated heterocycles. The minimum atomic E-state index is -0.421. The Morgan fingerprint density at radius 3 is 2.90 bits per heavy atom. The summed E-state index contributed by atoms with van der Waals surface area (Å²) in [7, 11) is 1.91. The van der Waals surface area contributed by atoms with Gasteiger partial charge in [-0.1, -0.05) is 0 Å². The van der Waals surface area contributed by atoms with Crippen LogP contribution in [0.25, 0.3) is 0 Å². The highest BCUT2D eigenvalue weighted by molar-refractivity contribution is 5.95. The molecule has 0 bridgehead atoms. The summed E-state index contributed by atoms with van der Waals surface area (Å²) in [5.74, 6) is -0.0484. The van der Waals surface area contributed by atoms with E-state index in [1.165, 1.54) is 18.2 Å². The van der Waals surface area contributed by atoms with Crippen LogP contribution in [0.3, 0.4) is 0 Å². The van der Waals surface area contributed by atoms with Gasteiger partial charge in [0.1, 0.15) is 5.82 Å². The molecule has 0 aromatic heterocycles. The summed E-state index contributed by atoms with van der Waals surface area (Å²) in [5.41, 5.74) is 6.39. The fraction of sp³-hybridized carbons (Fsp3) is 0.533. The van der Waals surface area contributed by atoms with Crippen molar-refractivity contribution in [2.24, 2.45) is 5.92 Å². The van der Waals surface area contributed by atoms with Crippen LogP contribution in [0.5, 0.6) is 0 Å². The van der Waals surface area contributed by atoms with Crippen molar-refractivity contribution in [1.29, 1.82) is 0 Å². The maximum atomic E-state index is 13.1. The Morgan fingerprint density at radius 1 is 1.48 bits per heavy atom. The normalized spacial score (nSPS) is 16.1. The standard InChI is InChI=1S/C15H22FN3O2/c1-19(9-11-4-6-21-7-5-11)10-15(20)18-14-8-12(16)2-3-13(14)17/h2-3,8,11H,4-7,9-10,17H2,1H3,(H,18,20). The maximum Gasteiger partial charge on any atom is 0.238 e. The van der Waals surface area contributed by atoms with Crippen molar-refractivity contribution in [2.75, 3.05) is 44.4 Å². The zero-order chi connectivity index (χ0) is 15.2. The van der Waals surface area contributed by atoms with Crippen molar-refractivity contribution in [3.8, 4) is 0 Å². The summed E-state index contributed by atoms with van der Waals surface area (Å²) in [5, 5.41) is 2.65. The number of ether oxygens (including phenoxy) is 1. The van der Waals surface area contributed by atoms with Crippen molar-refractivity contribution in [1.82, 2.24) is 4.90 Å². The Hall–Kier alpha value is -1.66. The number of benzene rings is 1. The molecule has 5 nitrogen and oxygen atoms in total. The quantitative estimate of drug-likeness (QED) is 0.811. The minimum absolute atomic E-state index is 0.193. The third kappa shape index (κ3) is 4.99. The number of nitrogen functional groups attached to an aromatic ring is 1. The molecule has 1 aliphatic rings. The minimum Gasteiger partial charge on any atom is -0.397 e. The molecule has 1 aromatic rings. The molecular formula is C15H22FN3O2. The Bertz CT molecular complexity index is 490. The molecule has 0 spiro atoms. The Balaban J connectivity index is 1.81. The molecular weight excluding hydrogens is 273 g/mol. The van der Waals surface area contributed by atoms with E-state index in [1.54, 1.807) is 0 Å². The zero-order valence-electron chi connectivity index (χ0n) is 12.3. The lowest BCUT2D eigenvalue weighted by Gasteiger charge is -2.26. The van der Waals surface area contributed by atoms with Gasteiger partial charge in [-0.2, -0.15) is 0 Å². The van der Waals surface area contributed by atoms with Gasteiger partial charge in [-0.25, -0.2) is 4.39 Å². The predicted octanol–water partition coefficient (Wildman–Crippen LogP) is 1.70. The van der Waals surface area contributed by atoms with E-state index in [9.17, 15) is 9.18 Å². The number of rotatable bonds is 5. The first-order valence-electron chi connectivity index (χ1n) is 7.16. The van der Waals surface area contributed by atoms with E-state index in [0.29, 0.717) is 17.3 Å². The number of nitrogens with one attached hydrogen (secondary N) is 1. The smallest absolute Gasteiger partial charge is 0.238 e. The van der Waals surface area contributed by atoms with Gasteiger partial charge in [0.05, 0.1) is 17.9 Å². The number of hydrogen-bond acceptors (Lipinski definition) is 4. The molecule has 1 aliphatic heterocycles. The number of carbonyl (C=O) groups is 1. The van der Waals surface area contributed by atoms with Crippen molar-refractivity contribution >= 4 is 17.3 Å². The summed E-state index contributed by atoms with van der Waals surface area (Å²) in [6, 6.07) is 3.94. The Labute approximate surface area is 124 Å². The molecule has 0 unspecified atom stereocenters. The number of amides is 1. The van der Waals surface area contributed by atoms with Gasteiger partial charge in [0, 0.05) is 19.8 Å². The SMILES string of the molecule is CN(CC(=O)Nc1cc(F)ccc1N)CC1CCOCC1. The molecule has 1 heterocycles. The van der Waals surface area contributed by atoms with E-state index in [0.717, 1.165) is 32.6 Å². The summed E-state index contributed by atoms with van der Waals surface area (Å²) in [6.07, 6.45) is 2.06.